The Morgan fingerprint density at radius 1 is 0.830 bits per heavy atom. The molecular formula is C38H42ClN3O4S. The minimum atomic E-state index is -4.20. The van der Waals surface area contributed by atoms with E-state index in [1.165, 1.54) is 12.1 Å². The Kier molecular flexibility index (Phi) is 11.4. The maximum atomic E-state index is 14.7. The van der Waals surface area contributed by atoms with Gasteiger partial charge in [-0.3, -0.25) is 13.9 Å². The third-order valence-corrected chi connectivity index (χ3v) is 11.0. The highest BCUT2D eigenvalue weighted by Gasteiger charge is 2.36. The predicted octanol–water partition coefficient (Wildman–Crippen LogP) is 7.24. The second-order valence-corrected chi connectivity index (χ2v) is 14.5. The number of hydrogen-bond acceptors (Lipinski definition) is 4. The van der Waals surface area contributed by atoms with Crippen LogP contribution in [0.15, 0.2) is 108 Å². The van der Waals surface area contributed by atoms with Gasteiger partial charge in [-0.2, -0.15) is 0 Å². The molecule has 0 heterocycles. The summed E-state index contributed by atoms with van der Waals surface area (Å²) < 4.78 is 29.6. The molecule has 1 aliphatic rings. The van der Waals surface area contributed by atoms with Gasteiger partial charge in [-0.05, 0) is 67.6 Å². The van der Waals surface area contributed by atoms with Crippen LogP contribution in [0.1, 0.15) is 54.4 Å². The molecule has 2 amide bonds. The number of carbonyl (C=O) groups is 2. The quantitative estimate of drug-likeness (QED) is 0.172. The molecule has 4 aromatic rings. The van der Waals surface area contributed by atoms with Gasteiger partial charge in [0.15, 0.2) is 0 Å². The van der Waals surface area contributed by atoms with Gasteiger partial charge in [0.1, 0.15) is 12.6 Å². The van der Waals surface area contributed by atoms with Gasteiger partial charge < -0.3 is 10.2 Å². The molecule has 7 nitrogen and oxygen atoms in total. The van der Waals surface area contributed by atoms with Crippen molar-refractivity contribution in [2.45, 2.75) is 75.9 Å². The molecule has 0 aliphatic heterocycles. The fraction of sp³-hybridized carbons (Fsp3) is 0.316. The zero-order valence-corrected chi connectivity index (χ0v) is 28.5. The molecule has 1 atom stereocenters. The predicted molar refractivity (Wildman–Crippen MR) is 188 cm³/mol. The van der Waals surface area contributed by atoms with E-state index in [1.54, 1.807) is 48.2 Å². The van der Waals surface area contributed by atoms with Crippen molar-refractivity contribution in [2.24, 2.45) is 0 Å². The van der Waals surface area contributed by atoms with Crippen molar-refractivity contribution in [1.29, 1.82) is 0 Å². The van der Waals surface area contributed by atoms with Gasteiger partial charge in [0.2, 0.25) is 11.8 Å². The molecule has 0 unspecified atom stereocenters. The van der Waals surface area contributed by atoms with E-state index >= 15 is 0 Å². The van der Waals surface area contributed by atoms with Crippen LogP contribution in [0, 0.1) is 13.8 Å². The summed E-state index contributed by atoms with van der Waals surface area (Å²) >= 11 is 6.48. The van der Waals surface area contributed by atoms with Crippen molar-refractivity contribution < 1.29 is 18.0 Å². The van der Waals surface area contributed by atoms with Gasteiger partial charge in [0, 0.05) is 24.0 Å². The third-order valence-electron chi connectivity index (χ3n) is 8.78. The molecule has 0 spiro atoms. The fourth-order valence-corrected chi connectivity index (χ4v) is 7.87. The summed E-state index contributed by atoms with van der Waals surface area (Å²) in [5, 5.41) is 3.63. The Balaban J connectivity index is 1.58. The molecule has 5 rings (SSSR count). The van der Waals surface area contributed by atoms with Gasteiger partial charge in [-0.15, -0.1) is 0 Å². The van der Waals surface area contributed by atoms with E-state index in [0.29, 0.717) is 16.3 Å². The van der Waals surface area contributed by atoms with Crippen LogP contribution in [0.2, 0.25) is 5.02 Å². The van der Waals surface area contributed by atoms with Gasteiger partial charge in [-0.25, -0.2) is 8.42 Å². The largest absolute Gasteiger partial charge is 0.352 e. The first-order chi connectivity index (χ1) is 22.6. The molecule has 0 aromatic heterocycles. The van der Waals surface area contributed by atoms with E-state index in [4.69, 9.17) is 11.6 Å². The Morgan fingerprint density at radius 3 is 2.15 bits per heavy atom. The van der Waals surface area contributed by atoms with Gasteiger partial charge in [0.05, 0.1) is 10.6 Å². The lowest BCUT2D eigenvalue weighted by atomic mass is 9.94. The highest BCUT2D eigenvalue weighted by atomic mass is 35.5. The maximum Gasteiger partial charge on any atom is 0.264 e. The van der Waals surface area contributed by atoms with Crippen LogP contribution < -0.4 is 9.62 Å². The average molecular weight is 672 g/mol. The lowest BCUT2D eigenvalue weighted by Gasteiger charge is -2.35. The number of halogens is 1. The second-order valence-electron chi connectivity index (χ2n) is 12.3. The summed E-state index contributed by atoms with van der Waals surface area (Å²) in [5.74, 6) is -0.733. The molecule has 0 saturated heterocycles. The number of aryl methyl sites for hydroxylation is 1. The first-order valence-corrected chi connectivity index (χ1v) is 18.0. The monoisotopic (exact) mass is 671 g/mol. The molecule has 246 valence electrons. The summed E-state index contributed by atoms with van der Waals surface area (Å²) in [4.78, 5) is 30.6. The summed E-state index contributed by atoms with van der Waals surface area (Å²) in [6, 6.07) is 29.6. The van der Waals surface area contributed by atoms with E-state index in [2.05, 4.69) is 5.32 Å². The summed E-state index contributed by atoms with van der Waals surface area (Å²) in [7, 11) is -4.20. The van der Waals surface area contributed by atoms with E-state index < -0.39 is 28.5 Å². The first kappa shape index (κ1) is 34.2. The smallest absolute Gasteiger partial charge is 0.264 e. The van der Waals surface area contributed by atoms with Gasteiger partial charge in [0.25, 0.3) is 10.0 Å². The second kappa shape index (κ2) is 15.6. The third kappa shape index (κ3) is 8.62. The van der Waals surface area contributed by atoms with Gasteiger partial charge >= 0.3 is 0 Å². The molecule has 1 saturated carbocycles. The minimum absolute atomic E-state index is 0.0366. The Hall–Kier alpha value is -4.14. The first-order valence-electron chi connectivity index (χ1n) is 16.2. The number of nitrogens with one attached hydrogen (secondary N) is 1. The van der Waals surface area contributed by atoms with Crippen LogP contribution in [-0.2, 0) is 32.6 Å². The zero-order chi connectivity index (χ0) is 33.4. The zero-order valence-electron chi connectivity index (χ0n) is 26.9. The van der Waals surface area contributed by atoms with Crippen LogP contribution in [0.3, 0.4) is 0 Å². The number of benzene rings is 4. The summed E-state index contributed by atoms with van der Waals surface area (Å²) in [6.07, 6.45) is 5.31. The lowest BCUT2D eigenvalue weighted by Crippen LogP contribution is -2.55. The normalized spacial score (nSPS) is 14.3. The number of amides is 2. The molecule has 0 radical (unpaired) electrons. The van der Waals surface area contributed by atoms with Crippen molar-refractivity contribution in [3.8, 4) is 0 Å². The van der Waals surface area contributed by atoms with E-state index in [9.17, 15) is 18.0 Å². The Bertz CT molecular complexity index is 1780. The Morgan fingerprint density at radius 2 is 1.47 bits per heavy atom. The standard InChI is InChI=1S/C38H42ClN3O4S/c1-28-14-12-17-31(24-28)26-41(36(25-30-15-6-3-7-16-30)38(44)40-32-18-8-4-9-19-32)37(43)27-42(35-23-13-22-34(39)29(35)2)47(45,46)33-20-10-5-11-21-33/h3,5-7,10-17,20-24,32,36H,4,8-9,18-19,25-27H2,1-2H3,(H,40,44)/t36-/m1/s1. The van der Waals surface area contributed by atoms with Crippen molar-refractivity contribution in [2.75, 3.05) is 10.8 Å². The molecule has 4 aromatic carbocycles. The topological polar surface area (TPSA) is 86.8 Å². The summed E-state index contributed by atoms with van der Waals surface area (Å²) in [5.41, 5.74) is 3.60. The van der Waals surface area contributed by atoms with Crippen LogP contribution in [0.5, 0.6) is 0 Å². The minimum Gasteiger partial charge on any atom is -0.352 e. The maximum absolute atomic E-state index is 14.7. The van der Waals surface area contributed by atoms with Crippen molar-refractivity contribution >= 4 is 39.1 Å². The van der Waals surface area contributed by atoms with Crippen LogP contribution in [-0.4, -0.2) is 43.8 Å². The molecule has 9 heteroatoms. The number of anilines is 1. The molecule has 1 fully saturated rings. The van der Waals surface area contributed by atoms with E-state index in [1.807, 2.05) is 61.5 Å². The van der Waals surface area contributed by atoms with Crippen LogP contribution in [0.25, 0.3) is 0 Å². The number of nitrogens with zero attached hydrogens (tertiary/aromatic N) is 2. The highest BCUT2D eigenvalue weighted by molar-refractivity contribution is 7.92. The van der Waals surface area contributed by atoms with E-state index in [-0.39, 0.29) is 29.8 Å². The number of hydrogen-bond donors (Lipinski definition) is 1. The SMILES string of the molecule is Cc1cccc(CN(C(=O)CN(c2cccc(Cl)c2C)S(=O)(=O)c2ccccc2)[C@H](Cc2ccccc2)C(=O)NC2CCCCC2)c1. The molecular weight excluding hydrogens is 630 g/mol. The fourth-order valence-electron chi connectivity index (χ4n) is 6.20. The van der Waals surface area contributed by atoms with Gasteiger partial charge in [-0.1, -0.05) is 115 Å². The highest BCUT2D eigenvalue weighted by Crippen LogP contribution is 2.31. The molecule has 1 N–H and O–H groups in total. The van der Waals surface area contributed by atoms with Crippen molar-refractivity contribution in [1.82, 2.24) is 10.2 Å². The van der Waals surface area contributed by atoms with E-state index in [0.717, 1.165) is 53.1 Å². The lowest BCUT2D eigenvalue weighted by molar-refractivity contribution is -0.140. The molecule has 47 heavy (non-hydrogen) atoms. The number of rotatable bonds is 12. The number of carbonyl (C=O) groups excluding carboxylic acids is 2. The van der Waals surface area contributed by atoms with Crippen LogP contribution >= 0.6 is 11.6 Å². The van der Waals surface area contributed by atoms with Crippen molar-refractivity contribution in [3.05, 3.63) is 130 Å². The van der Waals surface area contributed by atoms with Crippen molar-refractivity contribution in [3.63, 3.8) is 0 Å². The molecule has 1 aliphatic carbocycles. The number of sulfonamides is 1. The molecule has 0 bridgehead atoms. The Labute approximate surface area is 283 Å². The average Bonchev–Trinajstić information content (AvgIpc) is 3.08. The summed E-state index contributed by atoms with van der Waals surface area (Å²) in [6.45, 7) is 3.31. The van der Waals surface area contributed by atoms with Crippen LogP contribution in [0.4, 0.5) is 5.69 Å².